The highest BCUT2D eigenvalue weighted by Crippen LogP contribution is 2.21. The Labute approximate surface area is 72.4 Å². The first-order chi connectivity index (χ1) is 5.83. The van der Waals surface area contributed by atoms with E-state index in [9.17, 15) is 0 Å². The minimum atomic E-state index is 1.10. The van der Waals surface area contributed by atoms with Gasteiger partial charge in [0.05, 0.1) is 0 Å². The van der Waals surface area contributed by atoms with Gasteiger partial charge in [0, 0.05) is 17.1 Å². The molecule has 0 aliphatic rings. The van der Waals surface area contributed by atoms with E-state index in [2.05, 4.69) is 43.2 Å². The molecule has 0 fully saturated rings. The van der Waals surface area contributed by atoms with Crippen molar-refractivity contribution in [2.75, 3.05) is 0 Å². The maximum absolute atomic E-state index is 3.28. The lowest BCUT2D eigenvalue weighted by atomic mass is 10.1. The summed E-state index contributed by atoms with van der Waals surface area (Å²) in [6.45, 7) is 4.35. The summed E-state index contributed by atoms with van der Waals surface area (Å²) < 4.78 is 0. The van der Waals surface area contributed by atoms with Crippen molar-refractivity contribution in [1.82, 2.24) is 4.98 Å². The standard InChI is InChI=1S/C11H13N/c1-3-9-7-12-10-6-4-5-8(2)11(9)10/h4-7,12H,3H2,1-2H3. The number of H-pyrrole nitrogens is 1. The second-order valence-corrected chi connectivity index (χ2v) is 3.16. The van der Waals surface area contributed by atoms with Gasteiger partial charge in [0.2, 0.25) is 0 Å². The molecular weight excluding hydrogens is 146 g/mol. The monoisotopic (exact) mass is 159 g/mol. The molecule has 2 aromatic rings. The fraction of sp³-hybridized carbons (Fsp3) is 0.273. The normalized spacial score (nSPS) is 10.8. The van der Waals surface area contributed by atoms with Crippen molar-refractivity contribution in [1.29, 1.82) is 0 Å². The Morgan fingerprint density at radius 3 is 2.92 bits per heavy atom. The lowest BCUT2D eigenvalue weighted by Gasteiger charge is -1.97. The Kier molecular flexibility index (Phi) is 1.65. The third-order valence-corrected chi connectivity index (χ3v) is 2.38. The van der Waals surface area contributed by atoms with Gasteiger partial charge in [-0.25, -0.2) is 0 Å². The maximum Gasteiger partial charge on any atom is 0.0459 e. The fourth-order valence-corrected chi connectivity index (χ4v) is 1.73. The highest BCUT2D eigenvalue weighted by molar-refractivity contribution is 5.86. The number of benzene rings is 1. The summed E-state index contributed by atoms with van der Waals surface area (Å²) in [6, 6.07) is 6.38. The van der Waals surface area contributed by atoms with Crippen LogP contribution in [0.15, 0.2) is 24.4 Å². The zero-order chi connectivity index (χ0) is 8.55. The van der Waals surface area contributed by atoms with Gasteiger partial charge in [-0.15, -0.1) is 0 Å². The van der Waals surface area contributed by atoms with Gasteiger partial charge < -0.3 is 4.98 Å². The molecule has 1 N–H and O–H groups in total. The van der Waals surface area contributed by atoms with E-state index in [0.29, 0.717) is 0 Å². The molecule has 0 amide bonds. The first-order valence-electron chi connectivity index (χ1n) is 4.38. The third-order valence-electron chi connectivity index (χ3n) is 2.38. The average molecular weight is 159 g/mol. The number of aromatic nitrogens is 1. The molecule has 62 valence electrons. The smallest absolute Gasteiger partial charge is 0.0459 e. The minimum Gasteiger partial charge on any atom is -0.361 e. The van der Waals surface area contributed by atoms with Gasteiger partial charge in [-0.3, -0.25) is 0 Å². The van der Waals surface area contributed by atoms with Crippen LogP contribution in [0.5, 0.6) is 0 Å². The molecule has 0 radical (unpaired) electrons. The predicted molar refractivity (Wildman–Crippen MR) is 52.4 cm³/mol. The van der Waals surface area contributed by atoms with Gasteiger partial charge in [0.1, 0.15) is 0 Å². The zero-order valence-corrected chi connectivity index (χ0v) is 7.52. The van der Waals surface area contributed by atoms with Crippen LogP contribution in [-0.4, -0.2) is 4.98 Å². The molecular formula is C11H13N. The molecule has 0 bridgehead atoms. The quantitative estimate of drug-likeness (QED) is 0.658. The van der Waals surface area contributed by atoms with Crippen LogP contribution in [0, 0.1) is 6.92 Å². The van der Waals surface area contributed by atoms with Crippen molar-refractivity contribution in [3.05, 3.63) is 35.5 Å². The Hall–Kier alpha value is -1.24. The van der Waals surface area contributed by atoms with Crippen LogP contribution in [-0.2, 0) is 6.42 Å². The lowest BCUT2D eigenvalue weighted by Crippen LogP contribution is -1.79. The molecule has 0 aliphatic carbocycles. The molecule has 1 nitrogen and oxygen atoms in total. The summed E-state index contributed by atoms with van der Waals surface area (Å²) in [7, 11) is 0. The van der Waals surface area contributed by atoms with Gasteiger partial charge >= 0.3 is 0 Å². The molecule has 2 rings (SSSR count). The summed E-state index contributed by atoms with van der Waals surface area (Å²) in [5.74, 6) is 0. The van der Waals surface area contributed by atoms with E-state index in [1.165, 1.54) is 22.0 Å². The summed E-state index contributed by atoms with van der Waals surface area (Å²) in [5, 5.41) is 1.40. The summed E-state index contributed by atoms with van der Waals surface area (Å²) in [6.07, 6.45) is 3.21. The summed E-state index contributed by atoms with van der Waals surface area (Å²) >= 11 is 0. The van der Waals surface area contributed by atoms with Crippen LogP contribution < -0.4 is 0 Å². The number of hydrogen-bond acceptors (Lipinski definition) is 0. The Morgan fingerprint density at radius 2 is 2.17 bits per heavy atom. The Balaban J connectivity index is 2.83. The topological polar surface area (TPSA) is 15.8 Å². The highest BCUT2D eigenvalue weighted by atomic mass is 14.7. The molecule has 0 saturated carbocycles. The van der Waals surface area contributed by atoms with Crippen LogP contribution >= 0.6 is 0 Å². The molecule has 0 aliphatic heterocycles. The van der Waals surface area contributed by atoms with E-state index in [-0.39, 0.29) is 0 Å². The van der Waals surface area contributed by atoms with Crippen molar-refractivity contribution in [2.24, 2.45) is 0 Å². The van der Waals surface area contributed by atoms with E-state index < -0.39 is 0 Å². The SMILES string of the molecule is CCc1c[nH]c2cccc(C)c12. The van der Waals surface area contributed by atoms with E-state index in [1.807, 2.05) is 0 Å². The summed E-state index contributed by atoms with van der Waals surface area (Å²) in [4.78, 5) is 3.28. The average Bonchev–Trinajstić information content (AvgIpc) is 2.49. The fourth-order valence-electron chi connectivity index (χ4n) is 1.73. The molecule has 0 saturated heterocycles. The molecule has 0 spiro atoms. The van der Waals surface area contributed by atoms with Crippen molar-refractivity contribution in [3.8, 4) is 0 Å². The first kappa shape index (κ1) is 7.41. The van der Waals surface area contributed by atoms with E-state index in [4.69, 9.17) is 0 Å². The molecule has 1 aromatic heterocycles. The number of aromatic amines is 1. The largest absolute Gasteiger partial charge is 0.361 e. The summed E-state index contributed by atoms with van der Waals surface area (Å²) in [5.41, 5.74) is 4.04. The molecule has 12 heavy (non-hydrogen) atoms. The van der Waals surface area contributed by atoms with Crippen LogP contribution in [0.3, 0.4) is 0 Å². The number of hydrogen-bond donors (Lipinski definition) is 1. The molecule has 1 aromatic carbocycles. The molecule has 1 heterocycles. The van der Waals surface area contributed by atoms with Gasteiger partial charge in [-0.1, -0.05) is 19.1 Å². The molecule has 0 atom stereocenters. The van der Waals surface area contributed by atoms with Gasteiger partial charge in [-0.05, 0) is 30.5 Å². The van der Waals surface area contributed by atoms with Crippen LogP contribution in [0.1, 0.15) is 18.1 Å². The molecule has 1 heteroatoms. The Morgan fingerprint density at radius 1 is 1.33 bits per heavy atom. The number of nitrogens with one attached hydrogen (secondary N) is 1. The maximum atomic E-state index is 3.28. The second-order valence-electron chi connectivity index (χ2n) is 3.16. The van der Waals surface area contributed by atoms with Crippen molar-refractivity contribution < 1.29 is 0 Å². The van der Waals surface area contributed by atoms with Gasteiger partial charge in [0.25, 0.3) is 0 Å². The van der Waals surface area contributed by atoms with Gasteiger partial charge in [0.15, 0.2) is 0 Å². The van der Waals surface area contributed by atoms with Crippen molar-refractivity contribution in [3.63, 3.8) is 0 Å². The number of fused-ring (bicyclic) bond motifs is 1. The van der Waals surface area contributed by atoms with Crippen LogP contribution in [0.4, 0.5) is 0 Å². The number of rotatable bonds is 1. The molecule has 0 unspecified atom stereocenters. The Bertz CT molecular complexity index is 398. The van der Waals surface area contributed by atoms with Crippen LogP contribution in [0.2, 0.25) is 0 Å². The van der Waals surface area contributed by atoms with Crippen LogP contribution in [0.25, 0.3) is 10.9 Å². The second kappa shape index (κ2) is 2.67. The zero-order valence-electron chi connectivity index (χ0n) is 7.52. The first-order valence-corrected chi connectivity index (χ1v) is 4.38. The lowest BCUT2D eigenvalue weighted by molar-refractivity contribution is 1.15. The van der Waals surface area contributed by atoms with E-state index >= 15 is 0 Å². The van der Waals surface area contributed by atoms with Crippen molar-refractivity contribution >= 4 is 10.9 Å². The third kappa shape index (κ3) is 0.934. The minimum absolute atomic E-state index is 1.10. The van der Waals surface area contributed by atoms with E-state index in [1.54, 1.807) is 0 Å². The van der Waals surface area contributed by atoms with Crippen molar-refractivity contribution in [2.45, 2.75) is 20.3 Å². The predicted octanol–water partition coefficient (Wildman–Crippen LogP) is 3.04. The highest BCUT2D eigenvalue weighted by Gasteiger charge is 2.02. The number of aryl methyl sites for hydroxylation is 2. The van der Waals surface area contributed by atoms with E-state index in [0.717, 1.165) is 6.42 Å². The van der Waals surface area contributed by atoms with Gasteiger partial charge in [-0.2, -0.15) is 0 Å².